The highest BCUT2D eigenvalue weighted by Gasteiger charge is 2.53. The molecule has 4 unspecified atom stereocenters. The van der Waals surface area contributed by atoms with Crippen molar-refractivity contribution in [2.24, 2.45) is 0 Å². The van der Waals surface area contributed by atoms with Crippen molar-refractivity contribution in [3.8, 4) is 12.3 Å². The third-order valence-electron chi connectivity index (χ3n) is 3.66. The molecule has 10 heteroatoms. The first-order valence-electron chi connectivity index (χ1n) is 7.17. The Morgan fingerprint density at radius 3 is 2.54 bits per heavy atom. The van der Waals surface area contributed by atoms with Crippen molar-refractivity contribution in [1.29, 1.82) is 0 Å². The number of hydrogen-bond donors (Lipinski definition) is 7. The van der Waals surface area contributed by atoms with E-state index in [-0.39, 0.29) is 12.8 Å². The quantitative estimate of drug-likeness (QED) is 0.230. The number of aliphatic hydroxyl groups excluding tert-OH is 4. The highest BCUT2D eigenvalue weighted by atomic mass is 16.7. The van der Waals surface area contributed by atoms with Gasteiger partial charge in [0.1, 0.15) is 18.3 Å². The van der Waals surface area contributed by atoms with Crippen LogP contribution in [0.25, 0.3) is 0 Å². The van der Waals surface area contributed by atoms with Crippen molar-refractivity contribution in [1.82, 2.24) is 5.32 Å². The molecule has 1 heterocycles. The Balaban J connectivity index is 3.02. The fourth-order valence-corrected chi connectivity index (χ4v) is 2.34. The van der Waals surface area contributed by atoms with Crippen molar-refractivity contribution >= 4 is 11.9 Å². The Kier molecular flexibility index (Phi) is 7.09. The number of ether oxygens (including phenoxy) is 1. The molecule has 10 nitrogen and oxygen atoms in total. The molecule has 0 aromatic rings. The average Bonchev–Trinajstić information content (AvgIpc) is 2.53. The number of aliphatic carboxylic acids is 1. The molecule has 24 heavy (non-hydrogen) atoms. The van der Waals surface area contributed by atoms with Crippen LogP contribution >= 0.6 is 0 Å². The molecule has 0 saturated carbocycles. The van der Waals surface area contributed by atoms with E-state index in [1.165, 1.54) is 0 Å². The monoisotopic (exact) mass is 347 g/mol. The smallest absolute Gasteiger partial charge is 0.364 e. The van der Waals surface area contributed by atoms with Crippen LogP contribution < -0.4 is 5.32 Å². The zero-order valence-corrected chi connectivity index (χ0v) is 12.7. The minimum Gasteiger partial charge on any atom is -0.477 e. The van der Waals surface area contributed by atoms with E-state index in [9.17, 15) is 30.0 Å². The Hall–Kier alpha value is -1.74. The minimum absolute atomic E-state index is 0.0890. The lowest BCUT2D eigenvalue weighted by Crippen LogP contribution is -2.67. The topological polar surface area (TPSA) is 177 Å². The van der Waals surface area contributed by atoms with Crippen LogP contribution in [0.15, 0.2) is 0 Å². The molecule has 0 spiro atoms. The van der Waals surface area contributed by atoms with Gasteiger partial charge in [-0.15, -0.1) is 12.3 Å². The molecule has 0 bridgehead atoms. The summed E-state index contributed by atoms with van der Waals surface area (Å²) in [5, 5.41) is 59.8. The van der Waals surface area contributed by atoms with Gasteiger partial charge in [0.25, 0.3) is 5.79 Å². The molecular weight excluding hydrogens is 326 g/mol. The van der Waals surface area contributed by atoms with E-state index in [1.807, 2.05) is 0 Å². The minimum atomic E-state index is -2.82. The van der Waals surface area contributed by atoms with Gasteiger partial charge in [0, 0.05) is 19.3 Å². The maximum atomic E-state index is 11.8. The second-order valence-electron chi connectivity index (χ2n) is 5.48. The maximum absolute atomic E-state index is 11.8. The Labute approximate surface area is 137 Å². The number of aliphatic hydroxyl groups is 5. The molecule has 0 aromatic carbocycles. The van der Waals surface area contributed by atoms with Gasteiger partial charge in [-0.25, -0.2) is 4.79 Å². The zero-order valence-electron chi connectivity index (χ0n) is 12.7. The van der Waals surface area contributed by atoms with Crippen LogP contribution in [-0.4, -0.2) is 85.4 Å². The van der Waals surface area contributed by atoms with Gasteiger partial charge < -0.3 is 40.7 Å². The van der Waals surface area contributed by atoms with E-state index in [0.29, 0.717) is 0 Å². The Bertz CT molecular complexity index is 505. The van der Waals surface area contributed by atoms with Gasteiger partial charge in [-0.1, -0.05) is 0 Å². The molecule has 6 atom stereocenters. The number of amides is 1. The van der Waals surface area contributed by atoms with Crippen LogP contribution in [0.2, 0.25) is 0 Å². The summed E-state index contributed by atoms with van der Waals surface area (Å²) in [6, 6.07) is -1.33. The Morgan fingerprint density at radius 2 is 2.04 bits per heavy atom. The van der Waals surface area contributed by atoms with Crippen molar-refractivity contribution in [3.63, 3.8) is 0 Å². The number of nitrogens with one attached hydrogen (secondary N) is 1. The molecule has 1 saturated heterocycles. The standard InChI is InChI=1S/C14H21NO9/c1-2-3-4-9(19)15-10-7(17)5-14(23,13(21)22)24-12(10)11(20)8(18)6-16/h1,7-8,10-12,16-18,20,23H,3-6H2,(H,15,19)(H,21,22)/t7?,8-,10?,11-,12?,14?/m1/s1. The summed E-state index contributed by atoms with van der Waals surface area (Å²) in [4.78, 5) is 22.9. The van der Waals surface area contributed by atoms with Crippen LogP contribution in [0.3, 0.4) is 0 Å². The fraction of sp³-hybridized carbons (Fsp3) is 0.714. The van der Waals surface area contributed by atoms with E-state index in [2.05, 4.69) is 11.2 Å². The second kappa shape index (κ2) is 8.39. The van der Waals surface area contributed by atoms with Crippen LogP contribution in [-0.2, 0) is 14.3 Å². The highest BCUT2D eigenvalue weighted by molar-refractivity contribution is 5.77. The normalized spacial score (nSPS) is 32.4. The van der Waals surface area contributed by atoms with Gasteiger partial charge in [0.2, 0.25) is 5.91 Å². The predicted octanol–water partition coefficient (Wildman–Crippen LogP) is -3.48. The van der Waals surface area contributed by atoms with Gasteiger partial charge >= 0.3 is 5.97 Å². The average molecular weight is 347 g/mol. The third-order valence-corrected chi connectivity index (χ3v) is 3.66. The molecular formula is C14H21NO9. The SMILES string of the molecule is C#CCCC(=O)NC1C(O)CC(O)(C(=O)O)OC1[C@H](O)[C@H](O)CO. The molecule has 1 rings (SSSR count). The molecule has 0 radical (unpaired) electrons. The second-order valence-corrected chi connectivity index (χ2v) is 5.48. The summed E-state index contributed by atoms with van der Waals surface area (Å²) in [6.07, 6.45) is -2.63. The van der Waals surface area contributed by atoms with E-state index in [0.717, 1.165) is 0 Å². The van der Waals surface area contributed by atoms with Crippen LogP contribution in [0.4, 0.5) is 0 Å². The molecule has 1 aliphatic rings. The lowest BCUT2D eigenvalue weighted by molar-refractivity contribution is -0.295. The summed E-state index contributed by atoms with van der Waals surface area (Å²) in [5.74, 6) is -2.99. The predicted molar refractivity (Wildman–Crippen MR) is 77.2 cm³/mol. The van der Waals surface area contributed by atoms with Gasteiger partial charge in [0.15, 0.2) is 0 Å². The van der Waals surface area contributed by atoms with Crippen LogP contribution in [0.5, 0.6) is 0 Å². The van der Waals surface area contributed by atoms with Gasteiger partial charge in [-0.05, 0) is 0 Å². The molecule has 1 aliphatic heterocycles. The first-order valence-corrected chi connectivity index (χ1v) is 7.17. The Morgan fingerprint density at radius 1 is 1.42 bits per heavy atom. The number of rotatable bonds is 7. The summed E-state index contributed by atoms with van der Waals surface area (Å²) in [7, 11) is 0. The summed E-state index contributed by atoms with van der Waals surface area (Å²) < 4.78 is 4.93. The first kappa shape index (κ1) is 20.3. The maximum Gasteiger partial charge on any atom is 0.364 e. The van der Waals surface area contributed by atoms with Crippen molar-refractivity contribution < 1.29 is 45.0 Å². The number of carbonyl (C=O) groups excluding carboxylic acids is 1. The first-order chi connectivity index (χ1) is 11.2. The highest BCUT2D eigenvalue weighted by Crippen LogP contribution is 2.30. The molecule has 1 fully saturated rings. The molecule has 1 amide bonds. The number of carboxylic acid groups (broad SMARTS) is 1. The molecule has 7 N–H and O–H groups in total. The zero-order chi connectivity index (χ0) is 18.5. The third kappa shape index (κ3) is 4.64. The number of terminal acetylenes is 1. The summed E-state index contributed by atoms with van der Waals surface area (Å²) in [5.41, 5.74) is 0. The van der Waals surface area contributed by atoms with Crippen molar-refractivity contribution in [2.75, 3.05) is 6.61 Å². The van der Waals surface area contributed by atoms with Crippen LogP contribution in [0, 0.1) is 12.3 Å². The van der Waals surface area contributed by atoms with E-state index < -0.39 is 61.1 Å². The van der Waals surface area contributed by atoms with E-state index in [4.69, 9.17) is 21.4 Å². The van der Waals surface area contributed by atoms with Crippen LogP contribution in [0.1, 0.15) is 19.3 Å². The summed E-state index contributed by atoms with van der Waals surface area (Å²) in [6.45, 7) is -0.889. The largest absolute Gasteiger partial charge is 0.477 e. The number of carboxylic acids is 1. The van der Waals surface area contributed by atoms with E-state index in [1.54, 1.807) is 0 Å². The van der Waals surface area contributed by atoms with Gasteiger partial charge in [-0.3, -0.25) is 4.79 Å². The van der Waals surface area contributed by atoms with E-state index >= 15 is 0 Å². The lowest BCUT2D eigenvalue weighted by atomic mass is 9.88. The van der Waals surface area contributed by atoms with Gasteiger partial charge in [-0.2, -0.15) is 0 Å². The lowest BCUT2D eigenvalue weighted by Gasteiger charge is -2.44. The molecule has 0 aromatic heterocycles. The molecule has 0 aliphatic carbocycles. The van der Waals surface area contributed by atoms with Gasteiger partial charge in [0.05, 0.1) is 18.8 Å². The summed E-state index contributed by atoms with van der Waals surface area (Å²) >= 11 is 0. The number of hydrogen-bond acceptors (Lipinski definition) is 8. The van der Waals surface area contributed by atoms with Crippen molar-refractivity contribution in [3.05, 3.63) is 0 Å². The van der Waals surface area contributed by atoms with Crippen molar-refractivity contribution in [2.45, 2.75) is 55.5 Å². The molecule has 136 valence electrons. The number of carbonyl (C=O) groups is 2. The fourth-order valence-electron chi connectivity index (χ4n) is 2.34.